The maximum absolute atomic E-state index is 13.0. The van der Waals surface area contributed by atoms with Gasteiger partial charge in [0.25, 0.3) is 0 Å². The molecule has 0 spiro atoms. The molecule has 0 radical (unpaired) electrons. The van der Waals surface area contributed by atoms with Crippen LogP contribution >= 0.6 is 12.6 Å². The van der Waals surface area contributed by atoms with Crippen molar-refractivity contribution in [2.24, 2.45) is 28.1 Å². The van der Waals surface area contributed by atoms with E-state index >= 15 is 0 Å². The summed E-state index contributed by atoms with van der Waals surface area (Å²) >= 11 is 4.14. The second kappa shape index (κ2) is 16.3. The highest BCUT2D eigenvalue weighted by Crippen LogP contribution is 2.12. The van der Waals surface area contributed by atoms with Crippen LogP contribution in [0, 0.1) is 5.92 Å². The van der Waals surface area contributed by atoms with Gasteiger partial charge in [-0.25, -0.2) is 4.79 Å². The van der Waals surface area contributed by atoms with Crippen molar-refractivity contribution in [3.05, 3.63) is 29.8 Å². The number of aliphatic imine (C=N–C) groups is 1. The first-order valence-corrected chi connectivity index (χ1v) is 12.8. The number of aliphatic carboxylic acids is 1. The summed E-state index contributed by atoms with van der Waals surface area (Å²) in [7, 11) is 0. The van der Waals surface area contributed by atoms with E-state index in [2.05, 4.69) is 33.6 Å². The molecule has 0 bridgehead atoms. The molecule has 0 saturated carbocycles. The van der Waals surface area contributed by atoms with Crippen molar-refractivity contribution in [2.45, 2.75) is 63.7 Å². The van der Waals surface area contributed by atoms with Gasteiger partial charge in [-0.15, -0.1) is 0 Å². The van der Waals surface area contributed by atoms with Gasteiger partial charge in [-0.1, -0.05) is 26.0 Å². The summed E-state index contributed by atoms with van der Waals surface area (Å²) in [6, 6.07) is 1.62. The molecule has 0 aromatic heterocycles. The molecular formula is C24H39N7O6S. The highest BCUT2D eigenvalue weighted by molar-refractivity contribution is 7.80. The van der Waals surface area contributed by atoms with Crippen LogP contribution in [0.5, 0.6) is 5.75 Å². The van der Waals surface area contributed by atoms with E-state index in [0.29, 0.717) is 18.5 Å². The Morgan fingerprint density at radius 3 is 2.03 bits per heavy atom. The zero-order chi connectivity index (χ0) is 28.8. The SMILES string of the molecule is CC(C)CC(NC(=O)C(CS)NC(=O)C(N)CCCN=C(N)N)C(=O)NC(Cc1ccc(O)cc1)C(=O)O. The smallest absolute Gasteiger partial charge is 0.326 e. The number of carbonyl (C=O) groups excluding carboxylic acids is 3. The van der Waals surface area contributed by atoms with Crippen LogP contribution in [0.2, 0.25) is 0 Å². The summed E-state index contributed by atoms with van der Waals surface area (Å²) in [6.45, 7) is 3.99. The number of phenolic OH excluding ortho intramolecular Hbond substituents is 1. The Hall–Kier alpha value is -3.52. The summed E-state index contributed by atoms with van der Waals surface area (Å²) < 4.78 is 0. The molecule has 1 rings (SSSR count). The van der Waals surface area contributed by atoms with Gasteiger partial charge in [-0.3, -0.25) is 19.4 Å². The molecular weight excluding hydrogens is 514 g/mol. The summed E-state index contributed by atoms with van der Waals surface area (Å²) in [5.41, 5.74) is 17.0. The van der Waals surface area contributed by atoms with Gasteiger partial charge in [0.15, 0.2) is 5.96 Å². The van der Waals surface area contributed by atoms with Gasteiger partial charge in [-0.05, 0) is 42.9 Å². The Bertz CT molecular complexity index is 970. The Kier molecular flexibility index (Phi) is 14.0. The first-order chi connectivity index (χ1) is 17.8. The molecule has 0 heterocycles. The van der Waals surface area contributed by atoms with Gasteiger partial charge < -0.3 is 43.4 Å². The predicted octanol–water partition coefficient (Wildman–Crippen LogP) is -1.17. The Labute approximate surface area is 227 Å². The van der Waals surface area contributed by atoms with E-state index in [4.69, 9.17) is 17.2 Å². The van der Waals surface area contributed by atoms with Gasteiger partial charge in [-0.2, -0.15) is 12.6 Å². The van der Waals surface area contributed by atoms with E-state index in [1.165, 1.54) is 12.1 Å². The fourth-order valence-electron chi connectivity index (χ4n) is 3.44. The number of nitrogens with one attached hydrogen (secondary N) is 3. The third-order valence-corrected chi connectivity index (χ3v) is 5.82. The Morgan fingerprint density at radius 1 is 0.947 bits per heavy atom. The number of rotatable bonds is 16. The number of aromatic hydroxyl groups is 1. The fraction of sp³-hybridized carbons (Fsp3) is 0.542. The lowest BCUT2D eigenvalue weighted by atomic mass is 10.0. The molecule has 4 unspecified atom stereocenters. The number of nitrogens with zero attached hydrogens (tertiary/aromatic N) is 1. The molecule has 0 aliphatic carbocycles. The lowest BCUT2D eigenvalue weighted by molar-refractivity contribution is -0.142. The molecule has 0 saturated heterocycles. The molecule has 38 heavy (non-hydrogen) atoms. The Morgan fingerprint density at radius 2 is 1.50 bits per heavy atom. The van der Waals surface area contributed by atoms with Crippen LogP contribution in [0.25, 0.3) is 0 Å². The normalized spacial score (nSPS) is 14.0. The van der Waals surface area contributed by atoms with Crippen molar-refractivity contribution in [1.29, 1.82) is 0 Å². The van der Waals surface area contributed by atoms with Crippen molar-refractivity contribution in [3.8, 4) is 5.75 Å². The van der Waals surface area contributed by atoms with E-state index in [1.54, 1.807) is 12.1 Å². The van der Waals surface area contributed by atoms with Crippen molar-refractivity contribution in [2.75, 3.05) is 12.3 Å². The van der Waals surface area contributed by atoms with Crippen LogP contribution in [0.4, 0.5) is 0 Å². The molecule has 11 N–H and O–H groups in total. The van der Waals surface area contributed by atoms with Crippen LogP contribution in [0.3, 0.4) is 0 Å². The lowest BCUT2D eigenvalue weighted by Gasteiger charge is -2.25. The molecule has 0 fully saturated rings. The third-order valence-electron chi connectivity index (χ3n) is 5.45. The van der Waals surface area contributed by atoms with Gasteiger partial charge >= 0.3 is 5.97 Å². The number of guanidine groups is 1. The van der Waals surface area contributed by atoms with Crippen LogP contribution in [0.15, 0.2) is 29.3 Å². The summed E-state index contributed by atoms with van der Waals surface area (Å²) in [5.74, 6) is -3.29. The maximum atomic E-state index is 13.0. The summed E-state index contributed by atoms with van der Waals surface area (Å²) in [4.78, 5) is 54.0. The van der Waals surface area contributed by atoms with Gasteiger partial charge in [0.1, 0.15) is 23.9 Å². The topological polar surface area (TPSA) is 235 Å². The van der Waals surface area contributed by atoms with Crippen LogP contribution in [-0.2, 0) is 25.6 Å². The monoisotopic (exact) mass is 553 g/mol. The quantitative estimate of drug-likeness (QED) is 0.0518. The van der Waals surface area contributed by atoms with Crippen molar-refractivity contribution in [1.82, 2.24) is 16.0 Å². The first kappa shape index (κ1) is 32.5. The number of hydrogen-bond acceptors (Lipinski definition) is 8. The minimum absolute atomic E-state index is 0.0193. The number of carboxylic acids is 1. The van der Waals surface area contributed by atoms with Gasteiger partial charge in [0, 0.05) is 18.7 Å². The maximum Gasteiger partial charge on any atom is 0.326 e. The van der Waals surface area contributed by atoms with E-state index in [9.17, 15) is 29.4 Å². The number of thiol groups is 1. The number of carboxylic acid groups (broad SMARTS) is 1. The van der Waals surface area contributed by atoms with E-state index < -0.39 is 47.9 Å². The minimum Gasteiger partial charge on any atom is -0.508 e. The number of carbonyl (C=O) groups is 4. The molecule has 3 amide bonds. The second-order valence-electron chi connectivity index (χ2n) is 9.26. The molecule has 14 heteroatoms. The van der Waals surface area contributed by atoms with Crippen LogP contribution in [0.1, 0.15) is 38.7 Å². The molecule has 13 nitrogen and oxygen atoms in total. The molecule has 0 aliphatic rings. The number of phenols is 1. The summed E-state index contributed by atoms with van der Waals surface area (Å²) in [5, 5.41) is 26.6. The van der Waals surface area contributed by atoms with E-state index in [-0.39, 0.29) is 42.6 Å². The highest BCUT2D eigenvalue weighted by Gasteiger charge is 2.30. The predicted molar refractivity (Wildman–Crippen MR) is 146 cm³/mol. The molecule has 4 atom stereocenters. The molecule has 212 valence electrons. The fourth-order valence-corrected chi connectivity index (χ4v) is 3.70. The van der Waals surface area contributed by atoms with Gasteiger partial charge in [0.2, 0.25) is 17.7 Å². The third kappa shape index (κ3) is 12.1. The minimum atomic E-state index is -1.27. The zero-order valence-electron chi connectivity index (χ0n) is 21.6. The number of amides is 3. The second-order valence-corrected chi connectivity index (χ2v) is 9.62. The van der Waals surface area contributed by atoms with Crippen molar-refractivity contribution < 1.29 is 29.4 Å². The number of hydrogen-bond donors (Lipinski definition) is 9. The average molecular weight is 554 g/mol. The standard InChI is InChI=1S/C24H39N7O6S/c1-13(2)10-17(21(34)30-18(23(36)37)11-14-5-7-15(32)8-6-14)29-22(35)19(12-38)31-20(33)16(25)4-3-9-28-24(26)27/h5-8,13,16-19,32,38H,3-4,9-12,25H2,1-2H3,(H,29,35)(H,30,34)(H,31,33)(H,36,37)(H4,26,27,28). The van der Waals surface area contributed by atoms with Crippen LogP contribution < -0.4 is 33.2 Å². The van der Waals surface area contributed by atoms with E-state index in [0.717, 1.165) is 0 Å². The Balaban J connectivity index is 2.84. The lowest BCUT2D eigenvalue weighted by Crippen LogP contribution is -2.58. The van der Waals surface area contributed by atoms with E-state index in [1.807, 2.05) is 13.8 Å². The number of nitrogens with two attached hydrogens (primary N) is 3. The van der Waals surface area contributed by atoms with Crippen molar-refractivity contribution >= 4 is 42.3 Å². The highest BCUT2D eigenvalue weighted by atomic mass is 32.1. The number of benzene rings is 1. The van der Waals surface area contributed by atoms with Crippen molar-refractivity contribution in [3.63, 3.8) is 0 Å². The average Bonchev–Trinajstić information content (AvgIpc) is 2.84. The van der Waals surface area contributed by atoms with Crippen LogP contribution in [-0.4, -0.2) is 76.3 Å². The molecule has 0 aliphatic heterocycles. The zero-order valence-corrected chi connectivity index (χ0v) is 22.5. The molecule has 1 aromatic carbocycles. The largest absolute Gasteiger partial charge is 0.508 e. The van der Waals surface area contributed by atoms with Gasteiger partial charge in [0.05, 0.1) is 6.04 Å². The molecule has 1 aromatic rings. The summed E-state index contributed by atoms with van der Waals surface area (Å²) in [6.07, 6.45) is 0.927. The first-order valence-electron chi connectivity index (χ1n) is 12.2.